The Hall–Kier alpha value is -2.87. The molecular weight excluding hydrogens is 485 g/mol. The molecule has 8 heteroatoms. The molecule has 0 aromatic heterocycles. The van der Waals surface area contributed by atoms with E-state index in [9.17, 15) is 12.8 Å². The van der Waals surface area contributed by atoms with Crippen molar-refractivity contribution in [1.29, 1.82) is 0 Å². The van der Waals surface area contributed by atoms with Gasteiger partial charge in [-0.3, -0.25) is 4.31 Å². The molecule has 5 rings (SSSR count). The lowest BCUT2D eigenvalue weighted by molar-refractivity contribution is 0.470. The zero-order valence-corrected chi connectivity index (χ0v) is 21.2. The first-order chi connectivity index (χ1) is 16.8. The van der Waals surface area contributed by atoms with Gasteiger partial charge < -0.3 is 10.2 Å². The van der Waals surface area contributed by atoms with Crippen molar-refractivity contribution in [3.05, 3.63) is 88.2 Å². The predicted octanol–water partition coefficient (Wildman–Crippen LogP) is 5.34. The molecule has 1 N–H and O–H groups in total. The largest absolute Gasteiger partial charge is 0.362 e. The van der Waals surface area contributed by atoms with Gasteiger partial charge in [0.25, 0.3) is 10.0 Å². The second-order valence-corrected chi connectivity index (χ2v) is 11.3. The minimum atomic E-state index is -3.78. The monoisotopic (exact) mass is 511 g/mol. The van der Waals surface area contributed by atoms with Gasteiger partial charge in [0.15, 0.2) is 0 Å². The minimum absolute atomic E-state index is 0.0381. The SMILES string of the molecule is C/C(=C\c1ccc2c(c1)N(S(=O)(=O)c1cccc(C)c1)C[C@@H]1CNCCN21)c1c(F)cccc1Cl. The summed E-state index contributed by atoms with van der Waals surface area (Å²) in [6.45, 7) is 6.39. The van der Waals surface area contributed by atoms with Crippen LogP contribution >= 0.6 is 11.6 Å². The molecule has 2 aliphatic rings. The van der Waals surface area contributed by atoms with E-state index in [0.717, 1.165) is 29.9 Å². The van der Waals surface area contributed by atoms with E-state index in [1.165, 1.54) is 10.4 Å². The molecule has 1 saturated heterocycles. The number of allylic oxidation sites excluding steroid dienone is 1. The van der Waals surface area contributed by atoms with Crippen molar-refractivity contribution in [2.24, 2.45) is 0 Å². The number of aryl methyl sites for hydroxylation is 1. The van der Waals surface area contributed by atoms with E-state index in [1.54, 1.807) is 37.3 Å². The van der Waals surface area contributed by atoms with Crippen molar-refractivity contribution in [2.45, 2.75) is 24.8 Å². The van der Waals surface area contributed by atoms with Gasteiger partial charge >= 0.3 is 0 Å². The summed E-state index contributed by atoms with van der Waals surface area (Å²) in [7, 11) is -3.78. The number of anilines is 2. The number of piperazine rings is 1. The number of nitrogens with one attached hydrogen (secondary N) is 1. The van der Waals surface area contributed by atoms with Gasteiger partial charge in [0, 0.05) is 25.2 Å². The van der Waals surface area contributed by atoms with Gasteiger partial charge in [-0.1, -0.05) is 41.9 Å². The van der Waals surface area contributed by atoms with Crippen LogP contribution in [0.25, 0.3) is 11.6 Å². The molecule has 0 unspecified atom stereocenters. The van der Waals surface area contributed by atoms with Crippen LogP contribution in [0.2, 0.25) is 5.02 Å². The summed E-state index contributed by atoms with van der Waals surface area (Å²) < 4.78 is 43.6. The molecule has 182 valence electrons. The summed E-state index contributed by atoms with van der Waals surface area (Å²) in [5, 5.41) is 3.72. The molecule has 5 nitrogen and oxygen atoms in total. The van der Waals surface area contributed by atoms with Crippen LogP contribution in [0.3, 0.4) is 0 Å². The van der Waals surface area contributed by atoms with Gasteiger partial charge in [-0.15, -0.1) is 0 Å². The highest BCUT2D eigenvalue weighted by Crippen LogP contribution is 2.40. The van der Waals surface area contributed by atoms with Crippen LogP contribution in [0.5, 0.6) is 0 Å². The average Bonchev–Trinajstić information content (AvgIpc) is 2.83. The number of benzene rings is 3. The lowest BCUT2D eigenvalue weighted by Crippen LogP contribution is -2.59. The molecule has 0 amide bonds. The van der Waals surface area contributed by atoms with Gasteiger partial charge in [-0.2, -0.15) is 0 Å². The summed E-state index contributed by atoms with van der Waals surface area (Å²) in [5.41, 5.74) is 4.19. The van der Waals surface area contributed by atoms with Crippen LogP contribution < -0.4 is 14.5 Å². The number of hydrogen-bond acceptors (Lipinski definition) is 4. The number of fused-ring (bicyclic) bond motifs is 3. The zero-order valence-electron chi connectivity index (χ0n) is 19.6. The van der Waals surface area contributed by atoms with Crippen LogP contribution in [0.1, 0.15) is 23.6 Å². The van der Waals surface area contributed by atoms with Crippen LogP contribution in [0, 0.1) is 12.7 Å². The molecule has 35 heavy (non-hydrogen) atoms. The van der Waals surface area contributed by atoms with Gasteiger partial charge in [-0.05, 0) is 66.9 Å². The van der Waals surface area contributed by atoms with Crippen molar-refractivity contribution < 1.29 is 12.8 Å². The third-order valence-corrected chi connectivity index (χ3v) is 8.71. The van der Waals surface area contributed by atoms with Crippen molar-refractivity contribution in [3.63, 3.8) is 0 Å². The van der Waals surface area contributed by atoms with Gasteiger partial charge in [0.05, 0.1) is 33.9 Å². The number of halogens is 2. The smallest absolute Gasteiger partial charge is 0.264 e. The van der Waals surface area contributed by atoms with E-state index >= 15 is 0 Å². The Bertz CT molecular complexity index is 1400. The van der Waals surface area contributed by atoms with Crippen LogP contribution in [0.4, 0.5) is 15.8 Å². The Morgan fingerprint density at radius 2 is 1.91 bits per heavy atom. The average molecular weight is 512 g/mol. The topological polar surface area (TPSA) is 52.7 Å². The molecule has 2 aliphatic heterocycles. The second kappa shape index (κ2) is 9.30. The highest BCUT2D eigenvalue weighted by atomic mass is 35.5. The maximum absolute atomic E-state index is 14.5. The van der Waals surface area contributed by atoms with Crippen LogP contribution in [-0.4, -0.2) is 40.6 Å². The van der Waals surface area contributed by atoms with E-state index in [1.807, 2.05) is 37.3 Å². The van der Waals surface area contributed by atoms with Crippen LogP contribution in [-0.2, 0) is 10.0 Å². The summed E-state index contributed by atoms with van der Waals surface area (Å²) in [6, 6.07) is 17.4. The first-order valence-corrected chi connectivity index (χ1v) is 13.4. The third kappa shape index (κ3) is 4.44. The number of rotatable bonds is 4. The standard InChI is InChI=1S/C27H27ClFN3O2S/c1-18-5-3-6-22(13-18)35(33,34)32-17-21-16-30-11-12-31(21)25-10-9-20(15-26(25)32)14-19(2)27-23(28)7-4-8-24(27)29/h3-10,13-15,21,30H,11-12,16-17H2,1-2H3/b19-14+/t21-/m0/s1. The summed E-state index contributed by atoms with van der Waals surface area (Å²) >= 11 is 6.26. The van der Waals surface area contributed by atoms with Gasteiger partial charge in [-0.25, -0.2) is 12.8 Å². The van der Waals surface area contributed by atoms with E-state index < -0.39 is 15.8 Å². The number of nitrogens with zero attached hydrogens (tertiary/aromatic N) is 2. The van der Waals surface area contributed by atoms with Crippen molar-refractivity contribution in [2.75, 3.05) is 35.4 Å². The maximum Gasteiger partial charge on any atom is 0.264 e. The Labute approximate surface area is 210 Å². The zero-order chi connectivity index (χ0) is 24.7. The minimum Gasteiger partial charge on any atom is -0.362 e. The lowest BCUT2D eigenvalue weighted by Gasteiger charge is -2.46. The number of hydrogen-bond donors (Lipinski definition) is 1. The van der Waals surface area contributed by atoms with E-state index in [-0.39, 0.29) is 10.9 Å². The van der Waals surface area contributed by atoms with E-state index in [0.29, 0.717) is 34.9 Å². The van der Waals surface area contributed by atoms with Crippen LogP contribution in [0.15, 0.2) is 65.6 Å². The summed E-state index contributed by atoms with van der Waals surface area (Å²) in [6.07, 6.45) is 1.84. The van der Waals surface area contributed by atoms with Gasteiger partial charge in [0.2, 0.25) is 0 Å². The molecule has 3 aromatic rings. The molecule has 0 saturated carbocycles. The highest BCUT2D eigenvalue weighted by Gasteiger charge is 2.38. The highest BCUT2D eigenvalue weighted by molar-refractivity contribution is 7.92. The first kappa shape index (κ1) is 23.9. The van der Waals surface area contributed by atoms with E-state index in [4.69, 9.17) is 11.6 Å². The fourth-order valence-corrected chi connectivity index (χ4v) is 6.86. The Morgan fingerprint density at radius 3 is 2.69 bits per heavy atom. The first-order valence-electron chi connectivity index (χ1n) is 11.6. The molecule has 2 heterocycles. The molecule has 1 fully saturated rings. The third-order valence-electron chi connectivity index (χ3n) is 6.62. The fraction of sp³-hybridized carbons (Fsp3) is 0.259. The van der Waals surface area contributed by atoms with E-state index in [2.05, 4.69) is 10.2 Å². The summed E-state index contributed by atoms with van der Waals surface area (Å²) in [5.74, 6) is -0.392. The van der Waals surface area contributed by atoms with Crippen molar-refractivity contribution >= 4 is 44.6 Å². The normalized spacial score (nSPS) is 18.3. The maximum atomic E-state index is 14.5. The predicted molar refractivity (Wildman–Crippen MR) is 141 cm³/mol. The second-order valence-electron chi connectivity index (χ2n) is 9.08. The Kier molecular flexibility index (Phi) is 6.34. The Balaban J connectivity index is 1.62. The lowest BCUT2D eigenvalue weighted by atomic mass is 10.0. The van der Waals surface area contributed by atoms with Gasteiger partial charge in [0.1, 0.15) is 5.82 Å². The molecule has 0 aliphatic carbocycles. The molecule has 0 radical (unpaired) electrons. The van der Waals surface area contributed by atoms with Crippen molar-refractivity contribution in [1.82, 2.24) is 5.32 Å². The molecule has 0 spiro atoms. The Morgan fingerprint density at radius 1 is 1.11 bits per heavy atom. The summed E-state index contributed by atoms with van der Waals surface area (Å²) in [4.78, 5) is 2.55. The molecule has 1 atom stereocenters. The fourth-order valence-electron chi connectivity index (χ4n) is 4.93. The molecule has 3 aromatic carbocycles. The quantitative estimate of drug-likeness (QED) is 0.481. The molecular formula is C27H27ClFN3O2S. The molecule has 0 bridgehead atoms. The number of sulfonamides is 1. The van der Waals surface area contributed by atoms with Crippen molar-refractivity contribution in [3.8, 4) is 0 Å².